The van der Waals surface area contributed by atoms with Crippen LogP contribution in [0.1, 0.15) is 35.8 Å². The maximum atomic E-state index is 12.0. The second-order valence-corrected chi connectivity index (χ2v) is 6.92. The zero-order valence-corrected chi connectivity index (χ0v) is 15.9. The number of amides is 2. The van der Waals surface area contributed by atoms with Crippen molar-refractivity contribution in [2.75, 3.05) is 27.2 Å². The zero-order valence-electron chi connectivity index (χ0n) is 15.9. The van der Waals surface area contributed by atoms with Crippen LogP contribution in [0.4, 0.5) is 0 Å². The predicted molar refractivity (Wildman–Crippen MR) is 101 cm³/mol. The number of carbonyl (C=O) groups excluding carboxylic acids is 2. The number of aromatic nitrogens is 2. The van der Waals surface area contributed by atoms with Gasteiger partial charge in [-0.3, -0.25) is 14.3 Å². The van der Waals surface area contributed by atoms with Crippen LogP contribution in [0.5, 0.6) is 0 Å². The zero-order chi connectivity index (χ0) is 19.2. The van der Waals surface area contributed by atoms with Crippen molar-refractivity contribution in [2.45, 2.75) is 31.9 Å². The summed E-state index contributed by atoms with van der Waals surface area (Å²) in [6.45, 7) is 1.69. The summed E-state index contributed by atoms with van der Waals surface area (Å²) < 4.78 is 7.75. The highest BCUT2D eigenvalue weighted by molar-refractivity contribution is 5.83. The third-order valence-corrected chi connectivity index (χ3v) is 4.60. The first-order chi connectivity index (χ1) is 13.0. The minimum atomic E-state index is -0.251. The number of carbonyl (C=O) groups is 2. The monoisotopic (exact) mass is 370 g/mol. The number of fused-ring (bicyclic) bond motifs is 1. The number of nitrogens with zero attached hydrogens (tertiary/aromatic N) is 3. The normalized spacial score (nSPS) is 15.9. The average Bonchev–Trinajstić information content (AvgIpc) is 3.08. The Kier molecular flexibility index (Phi) is 6.24. The lowest BCUT2D eigenvalue weighted by molar-refractivity contribution is -0.131. The highest BCUT2D eigenvalue weighted by Gasteiger charge is 2.25. The van der Waals surface area contributed by atoms with Crippen LogP contribution in [0.25, 0.3) is 0 Å². The second kappa shape index (κ2) is 8.81. The van der Waals surface area contributed by atoms with E-state index in [1.165, 1.54) is 16.0 Å². The van der Waals surface area contributed by atoms with Gasteiger partial charge in [0, 0.05) is 39.7 Å². The fraction of sp³-hybridized carbons (Fsp3) is 0.450. The van der Waals surface area contributed by atoms with Gasteiger partial charge in [-0.05, 0) is 17.5 Å². The van der Waals surface area contributed by atoms with E-state index < -0.39 is 0 Å². The van der Waals surface area contributed by atoms with Gasteiger partial charge in [0.05, 0.1) is 18.8 Å². The van der Waals surface area contributed by atoms with Gasteiger partial charge in [0.15, 0.2) is 0 Å². The van der Waals surface area contributed by atoms with Gasteiger partial charge in [-0.25, -0.2) is 0 Å². The van der Waals surface area contributed by atoms with E-state index in [2.05, 4.69) is 28.7 Å². The molecule has 1 aliphatic heterocycles. The van der Waals surface area contributed by atoms with Crippen LogP contribution in [0.2, 0.25) is 0 Å². The Morgan fingerprint density at radius 3 is 2.78 bits per heavy atom. The Balaban J connectivity index is 1.56. The summed E-state index contributed by atoms with van der Waals surface area (Å²) in [5, 5.41) is 7.55. The standard InChI is InChI=1S/C20H26N4O3/c1-23(2)19(26)9-8-18(25)21-12-17-20-16(10-11-27-17)14-24(22-20)13-15-6-4-3-5-7-15/h3-7,14,17H,8-13H2,1-2H3,(H,21,25). The number of hydrogen-bond acceptors (Lipinski definition) is 4. The van der Waals surface area contributed by atoms with Gasteiger partial charge in [0.1, 0.15) is 6.10 Å². The van der Waals surface area contributed by atoms with Crippen LogP contribution in [0.15, 0.2) is 36.5 Å². The Bertz CT molecular complexity index is 786. The van der Waals surface area contributed by atoms with Crippen LogP contribution in [-0.4, -0.2) is 53.7 Å². The van der Waals surface area contributed by atoms with Crippen molar-refractivity contribution in [3.63, 3.8) is 0 Å². The summed E-state index contributed by atoms with van der Waals surface area (Å²) in [5.41, 5.74) is 3.25. The molecule has 7 heteroatoms. The molecule has 1 aromatic heterocycles. The van der Waals surface area contributed by atoms with E-state index in [4.69, 9.17) is 4.74 Å². The summed E-state index contributed by atoms with van der Waals surface area (Å²) in [5.74, 6) is -0.203. The molecule has 27 heavy (non-hydrogen) atoms. The van der Waals surface area contributed by atoms with Crippen molar-refractivity contribution in [3.05, 3.63) is 53.3 Å². The molecule has 2 heterocycles. The summed E-state index contributed by atoms with van der Waals surface area (Å²) in [7, 11) is 3.37. The number of nitrogens with one attached hydrogen (secondary N) is 1. The molecule has 1 aromatic carbocycles. The summed E-state index contributed by atoms with van der Waals surface area (Å²) in [6.07, 6.45) is 3.03. The maximum absolute atomic E-state index is 12.0. The maximum Gasteiger partial charge on any atom is 0.222 e. The van der Waals surface area contributed by atoms with Crippen LogP contribution in [0, 0.1) is 0 Å². The SMILES string of the molecule is CN(C)C(=O)CCC(=O)NCC1OCCc2cn(Cc3ccccc3)nc21. The average molecular weight is 370 g/mol. The Labute approximate surface area is 159 Å². The molecule has 2 aromatic rings. The molecule has 0 fully saturated rings. The highest BCUT2D eigenvalue weighted by Crippen LogP contribution is 2.25. The molecule has 1 aliphatic rings. The Hall–Kier alpha value is -2.67. The summed E-state index contributed by atoms with van der Waals surface area (Å²) in [6, 6.07) is 10.2. The smallest absolute Gasteiger partial charge is 0.222 e. The van der Waals surface area contributed by atoms with E-state index in [1.54, 1.807) is 14.1 Å². The van der Waals surface area contributed by atoms with Crippen LogP contribution >= 0.6 is 0 Å². The van der Waals surface area contributed by atoms with E-state index >= 15 is 0 Å². The molecule has 1 atom stereocenters. The molecule has 0 saturated carbocycles. The van der Waals surface area contributed by atoms with Gasteiger partial charge in [0.25, 0.3) is 0 Å². The number of benzene rings is 1. The van der Waals surface area contributed by atoms with Crippen molar-refractivity contribution >= 4 is 11.8 Å². The van der Waals surface area contributed by atoms with Gasteiger partial charge >= 0.3 is 0 Å². The van der Waals surface area contributed by atoms with Crippen molar-refractivity contribution < 1.29 is 14.3 Å². The minimum Gasteiger partial charge on any atom is -0.370 e. The lowest BCUT2D eigenvalue weighted by atomic mass is 10.1. The molecular weight excluding hydrogens is 344 g/mol. The fourth-order valence-corrected chi connectivity index (χ4v) is 3.08. The lowest BCUT2D eigenvalue weighted by Crippen LogP contribution is -2.32. The summed E-state index contributed by atoms with van der Waals surface area (Å²) >= 11 is 0. The van der Waals surface area contributed by atoms with E-state index in [0.717, 1.165) is 12.1 Å². The number of rotatable bonds is 7. The highest BCUT2D eigenvalue weighted by atomic mass is 16.5. The predicted octanol–water partition coefficient (Wildman–Crippen LogP) is 1.53. The largest absolute Gasteiger partial charge is 0.370 e. The molecule has 0 aliphatic carbocycles. The molecule has 2 amide bonds. The molecular formula is C20H26N4O3. The first-order valence-electron chi connectivity index (χ1n) is 9.21. The molecule has 0 saturated heterocycles. The van der Waals surface area contributed by atoms with E-state index in [1.807, 2.05) is 22.9 Å². The Morgan fingerprint density at radius 2 is 2.04 bits per heavy atom. The molecule has 0 bridgehead atoms. The van der Waals surface area contributed by atoms with E-state index in [-0.39, 0.29) is 30.8 Å². The van der Waals surface area contributed by atoms with Crippen LogP contribution in [0.3, 0.4) is 0 Å². The van der Waals surface area contributed by atoms with Gasteiger partial charge in [0.2, 0.25) is 11.8 Å². The van der Waals surface area contributed by atoms with E-state index in [0.29, 0.717) is 19.7 Å². The van der Waals surface area contributed by atoms with E-state index in [9.17, 15) is 9.59 Å². The number of ether oxygens (including phenoxy) is 1. The van der Waals surface area contributed by atoms with Gasteiger partial charge in [-0.2, -0.15) is 5.10 Å². The molecule has 1 unspecified atom stereocenters. The van der Waals surface area contributed by atoms with Crippen molar-refractivity contribution in [1.82, 2.24) is 20.0 Å². The second-order valence-electron chi connectivity index (χ2n) is 6.92. The molecule has 0 radical (unpaired) electrons. The molecule has 3 rings (SSSR count). The van der Waals surface area contributed by atoms with Crippen LogP contribution < -0.4 is 5.32 Å². The Morgan fingerprint density at radius 1 is 1.26 bits per heavy atom. The van der Waals surface area contributed by atoms with Gasteiger partial charge in [-0.15, -0.1) is 0 Å². The third-order valence-electron chi connectivity index (χ3n) is 4.60. The first-order valence-corrected chi connectivity index (χ1v) is 9.21. The topological polar surface area (TPSA) is 76.5 Å². The molecule has 0 spiro atoms. The minimum absolute atomic E-state index is 0.0546. The van der Waals surface area contributed by atoms with Crippen molar-refractivity contribution in [1.29, 1.82) is 0 Å². The number of hydrogen-bond donors (Lipinski definition) is 1. The van der Waals surface area contributed by atoms with Crippen molar-refractivity contribution in [2.24, 2.45) is 0 Å². The summed E-state index contributed by atoms with van der Waals surface area (Å²) in [4.78, 5) is 25.1. The third kappa shape index (κ3) is 5.17. The van der Waals surface area contributed by atoms with Crippen LogP contribution in [-0.2, 0) is 27.3 Å². The van der Waals surface area contributed by atoms with Crippen molar-refractivity contribution in [3.8, 4) is 0 Å². The fourth-order valence-electron chi connectivity index (χ4n) is 3.08. The molecule has 144 valence electrons. The first kappa shape index (κ1) is 19.1. The quantitative estimate of drug-likeness (QED) is 0.802. The molecule has 1 N–H and O–H groups in total. The lowest BCUT2D eigenvalue weighted by Gasteiger charge is -2.22. The molecule has 7 nitrogen and oxygen atoms in total. The van der Waals surface area contributed by atoms with Gasteiger partial charge in [-0.1, -0.05) is 30.3 Å². The van der Waals surface area contributed by atoms with Gasteiger partial charge < -0.3 is 15.0 Å².